The SMILES string of the molecule is c1ccc2c(-c3cncc(-c4cocn4)c3)c3ccccc3c(-c3cncc(-c4cocn4)c3)c2c1. The summed E-state index contributed by atoms with van der Waals surface area (Å²) in [7, 11) is 0. The molecule has 0 aliphatic heterocycles. The third-order valence-corrected chi connectivity index (χ3v) is 6.44. The lowest BCUT2D eigenvalue weighted by molar-refractivity contribution is 0.558. The van der Waals surface area contributed by atoms with Gasteiger partial charge in [0.25, 0.3) is 0 Å². The van der Waals surface area contributed by atoms with Crippen LogP contribution >= 0.6 is 0 Å². The van der Waals surface area contributed by atoms with Gasteiger partial charge in [0, 0.05) is 47.0 Å². The highest BCUT2D eigenvalue weighted by molar-refractivity contribution is 6.21. The summed E-state index contributed by atoms with van der Waals surface area (Å²) in [6.07, 6.45) is 13.6. The Hall–Kier alpha value is -5.10. The van der Waals surface area contributed by atoms with E-state index in [9.17, 15) is 0 Å². The molecule has 0 aliphatic rings. The third-order valence-electron chi connectivity index (χ3n) is 6.44. The van der Waals surface area contributed by atoms with Crippen LogP contribution in [0.5, 0.6) is 0 Å². The molecule has 0 fully saturated rings. The second kappa shape index (κ2) is 8.29. The van der Waals surface area contributed by atoms with Crippen molar-refractivity contribution in [3.63, 3.8) is 0 Å². The maximum atomic E-state index is 5.20. The number of oxazole rings is 2. The molecule has 0 amide bonds. The molecule has 0 radical (unpaired) electrons. The van der Waals surface area contributed by atoms with Gasteiger partial charge in [0.15, 0.2) is 12.8 Å². The van der Waals surface area contributed by atoms with Crippen LogP contribution < -0.4 is 0 Å². The Morgan fingerprint density at radius 3 is 1.22 bits per heavy atom. The Morgan fingerprint density at radius 1 is 0.472 bits per heavy atom. The van der Waals surface area contributed by atoms with E-state index >= 15 is 0 Å². The standard InChI is InChI=1S/C30H18N4O2/c1-2-6-24-23(5-1)29(21-9-19(11-31-13-21)27-15-35-17-33-27)25-7-3-4-8-26(25)30(24)22-10-20(12-32-14-22)28-16-36-18-34-28/h1-18H. The van der Waals surface area contributed by atoms with E-state index in [0.717, 1.165) is 66.3 Å². The Bertz CT molecular complexity index is 1650. The van der Waals surface area contributed by atoms with E-state index in [4.69, 9.17) is 8.83 Å². The minimum Gasteiger partial charge on any atom is -0.451 e. The molecule has 7 aromatic rings. The first-order chi connectivity index (χ1) is 17.9. The molecular weight excluding hydrogens is 448 g/mol. The molecule has 36 heavy (non-hydrogen) atoms. The van der Waals surface area contributed by atoms with Gasteiger partial charge in [0.2, 0.25) is 0 Å². The number of nitrogens with zero attached hydrogens (tertiary/aromatic N) is 4. The molecule has 4 aromatic heterocycles. The summed E-state index contributed by atoms with van der Waals surface area (Å²) in [6, 6.07) is 21.2. The third kappa shape index (κ3) is 3.27. The topological polar surface area (TPSA) is 77.8 Å². The second-order valence-corrected chi connectivity index (χ2v) is 8.51. The maximum absolute atomic E-state index is 5.20. The van der Waals surface area contributed by atoms with E-state index in [0.29, 0.717) is 0 Å². The number of hydrogen-bond acceptors (Lipinski definition) is 6. The minimum atomic E-state index is 0.755. The van der Waals surface area contributed by atoms with Crippen molar-refractivity contribution in [1.82, 2.24) is 19.9 Å². The van der Waals surface area contributed by atoms with Gasteiger partial charge < -0.3 is 8.83 Å². The molecule has 0 unspecified atom stereocenters. The first-order valence-electron chi connectivity index (χ1n) is 11.5. The normalized spacial score (nSPS) is 11.3. The molecule has 0 N–H and O–H groups in total. The number of benzene rings is 3. The van der Waals surface area contributed by atoms with E-state index in [-0.39, 0.29) is 0 Å². The summed E-state index contributed by atoms with van der Waals surface area (Å²) in [5.74, 6) is 0. The van der Waals surface area contributed by atoms with Gasteiger partial charge in [-0.2, -0.15) is 0 Å². The average molecular weight is 467 g/mol. The zero-order chi connectivity index (χ0) is 23.9. The first-order valence-corrected chi connectivity index (χ1v) is 11.5. The summed E-state index contributed by atoms with van der Waals surface area (Å²) in [4.78, 5) is 17.7. The van der Waals surface area contributed by atoms with E-state index < -0.39 is 0 Å². The van der Waals surface area contributed by atoms with Crippen molar-refractivity contribution in [3.8, 4) is 44.8 Å². The van der Waals surface area contributed by atoms with Gasteiger partial charge >= 0.3 is 0 Å². The predicted octanol–water partition coefficient (Wildman–Crippen LogP) is 7.43. The highest BCUT2D eigenvalue weighted by Crippen LogP contribution is 2.44. The van der Waals surface area contributed by atoms with Crippen molar-refractivity contribution in [2.75, 3.05) is 0 Å². The largest absolute Gasteiger partial charge is 0.451 e. The molecule has 170 valence electrons. The lowest BCUT2D eigenvalue weighted by atomic mass is 9.86. The molecule has 0 saturated carbocycles. The van der Waals surface area contributed by atoms with Crippen LogP contribution in [0.1, 0.15) is 0 Å². The Balaban J connectivity index is 1.54. The molecule has 6 nitrogen and oxygen atoms in total. The van der Waals surface area contributed by atoms with Crippen molar-refractivity contribution >= 4 is 21.5 Å². The molecule has 4 heterocycles. The molecule has 0 aliphatic carbocycles. The van der Waals surface area contributed by atoms with E-state index in [1.54, 1.807) is 24.9 Å². The van der Waals surface area contributed by atoms with Gasteiger partial charge in [-0.1, -0.05) is 48.5 Å². The van der Waals surface area contributed by atoms with Gasteiger partial charge in [0.1, 0.15) is 23.9 Å². The quantitative estimate of drug-likeness (QED) is 0.251. The van der Waals surface area contributed by atoms with E-state index in [1.165, 1.54) is 12.8 Å². The smallest absolute Gasteiger partial charge is 0.181 e. The fraction of sp³-hybridized carbons (Fsp3) is 0. The van der Waals surface area contributed by atoms with E-state index in [2.05, 4.69) is 80.6 Å². The van der Waals surface area contributed by atoms with Crippen LogP contribution in [0.4, 0.5) is 0 Å². The summed E-state index contributed by atoms with van der Waals surface area (Å²) in [5.41, 5.74) is 7.61. The molecule has 0 spiro atoms. The van der Waals surface area contributed by atoms with Crippen LogP contribution in [-0.2, 0) is 0 Å². The van der Waals surface area contributed by atoms with Gasteiger partial charge in [-0.05, 0) is 44.8 Å². The molecule has 3 aromatic carbocycles. The zero-order valence-electron chi connectivity index (χ0n) is 19.0. The molecular formula is C30H18N4O2. The fourth-order valence-corrected chi connectivity index (χ4v) is 4.89. The van der Waals surface area contributed by atoms with Crippen molar-refractivity contribution in [2.24, 2.45) is 0 Å². The summed E-state index contributed by atoms with van der Waals surface area (Å²) in [5, 5.41) is 4.54. The monoisotopic (exact) mass is 466 g/mol. The van der Waals surface area contributed by atoms with Crippen molar-refractivity contribution in [1.29, 1.82) is 0 Å². The Kier molecular flexibility index (Phi) is 4.67. The summed E-state index contributed by atoms with van der Waals surface area (Å²) in [6.45, 7) is 0. The molecule has 0 saturated heterocycles. The highest BCUT2D eigenvalue weighted by atomic mass is 16.3. The lowest BCUT2D eigenvalue weighted by Gasteiger charge is -2.17. The van der Waals surface area contributed by atoms with Gasteiger partial charge in [-0.25, -0.2) is 9.97 Å². The maximum Gasteiger partial charge on any atom is 0.181 e. The number of pyridine rings is 2. The molecule has 6 heteroatoms. The number of aromatic nitrogens is 4. The molecule has 7 rings (SSSR count). The summed E-state index contributed by atoms with van der Waals surface area (Å²) < 4.78 is 10.4. The minimum absolute atomic E-state index is 0.755. The first kappa shape index (κ1) is 20.3. The van der Waals surface area contributed by atoms with Crippen molar-refractivity contribution < 1.29 is 8.83 Å². The molecule has 0 bridgehead atoms. The zero-order valence-corrected chi connectivity index (χ0v) is 19.0. The van der Waals surface area contributed by atoms with Gasteiger partial charge in [-0.3, -0.25) is 9.97 Å². The van der Waals surface area contributed by atoms with Crippen molar-refractivity contribution in [2.45, 2.75) is 0 Å². The van der Waals surface area contributed by atoms with Gasteiger partial charge in [-0.15, -0.1) is 0 Å². The van der Waals surface area contributed by atoms with Crippen LogP contribution in [0.3, 0.4) is 0 Å². The van der Waals surface area contributed by atoms with Crippen LogP contribution in [-0.4, -0.2) is 19.9 Å². The van der Waals surface area contributed by atoms with Crippen LogP contribution in [0, 0.1) is 0 Å². The Labute approximate surface area is 205 Å². The van der Waals surface area contributed by atoms with Crippen molar-refractivity contribution in [3.05, 3.63) is 111 Å². The average Bonchev–Trinajstić information content (AvgIpc) is 3.67. The van der Waals surface area contributed by atoms with Gasteiger partial charge in [0.05, 0.1) is 0 Å². The highest BCUT2D eigenvalue weighted by Gasteiger charge is 2.18. The van der Waals surface area contributed by atoms with Crippen LogP contribution in [0.25, 0.3) is 66.3 Å². The Morgan fingerprint density at radius 2 is 0.861 bits per heavy atom. The number of hydrogen-bond donors (Lipinski definition) is 0. The molecule has 0 atom stereocenters. The number of fused-ring (bicyclic) bond motifs is 2. The predicted molar refractivity (Wildman–Crippen MR) is 139 cm³/mol. The van der Waals surface area contributed by atoms with Crippen LogP contribution in [0.15, 0.2) is 120 Å². The fourth-order valence-electron chi connectivity index (χ4n) is 4.89. The summed E-state index contributed by atoms with van der Waals surface area (Å²) >= 11 is 0. The second-order valence-electron chi connectivity index (χ2n) is 8.51. The van der Waals surface area contributed by atoms with Crippen LogP contribution in [0.2, 0.25) is 0 Å². The lowest BCUT2D eigenvalue weighted by Crippen LogP contribution is -1.93. The van der Waals surface area contributed by atoms with E-state index in [1.807, 2.05) is 12.4 Å². The number of rotatable bonds is 4.